The largest absolute Gasteiger partial charge is 0.505 e. The van der Waals surface area contributed by atoms with Gasteiger partial charge in [-0.3, -0.25) is 4.79 Å². The molecular weight excluding hydrogens is 204 g/mol. The number of nitrogens with one attached hydrogen (secondary N) is 1. The second-order valence-corrected chi connectivity index (χ2v) is 4.09. The van der Waals surface area contributed by atoms with Crippen LogP contribution in [0, 0.1) is 0 Å². The summed E-state index contributed by atoms with van der Waals surface area (Å²) in [5.41, 5.74) is -0.170. The van der Waals surface area contributed by atoms with E-state index in [1.807, 2.05) is 20.8 Å². The fourth-order valence-corrected chi connectivity index (χ4v) is 1.33. The fraction of sp³-hybridized carbons (Fsp3) is 0.500. The van der Waals surface area contributed by atoms with E-state index in [2.05, 4.69) is 10.3 Å². The van der Waals surface area contributed by atoms with Crippen molar-refractivity contribution in [3.8, 4) is 5.75 Å². The number of carbonyl (C=O) groups is 1. The van der Waals surface area contributed by atoms with Crippen LogP contribution in [0.5, 0.6) is 5.75 Å². The highest BCUT2D eigenvalue weighted by Crippen LogP contribution is 2.17. The zero-order valence-electron chi connectivity index (χ0n) is 9.95. The minimum Gasteiger partial charge on any atom is -0.505 e. The lowest BCUT2D eigenvalue weighted by Gasteiger charge is -2.28. The van der Waals surface area contributed by atoms with E-state index >= 15 is 0 Å². The Bertz CT molecular complexity index is 373. The maximum atomic E-state index is 11.9. The highest BCUT2D eigenvalue weighted by Gasteiger charge is 2.24. The molecule has 1 aromatic heterocycles. The Labute approximate surface area is 95.7 Å². The van der Waals surface area contributed by atoms with Gasteiger partial charge < -0.3 is 10.4 Å². The molecule has 1 rings (SSSR count). The molecule has 0 spiro atoms. The molecule has 1 aromatic rings. The molecule has 1 amide bonds. The summed E-state index contributed by atoms with van der Waals surface area (Å²) in [6.45, 7) is 6.01. The molecule has 88 valence electrons. The van der Waals surface area contributed by atoms with Crippen LogP contribution in [0.25, 0.3) is 0 Å². The maximum absolute atomic E-state index is 11.9. The zero-order chi connectivity index (χ0) is 12.2. The summed E-state index contributed by atoms with van der Waals surface area (Å²) in [4.78, 5) is 15.7. The molecule has 0 saturated carbocycles. The molecule has 4 heteroatoms. The summed E-state index contributed by atoms with van der Waals surface area (Å²) in [7, 11) is 0. The lowest BCUT2D eigenvalue weighted by Crippen LogP contribution is -2.45. The number of pyridine rings is 1. The molecule has 4 nitrogen and oxygen atoms in total. The van der Waals surface area contributed by atoms with Gasteiger partial charge in [-0.1, -0.05) is 13.8 Å². The van der Waals surface area contributed by atoms with E-state index in [-0.39, 0.29) is 22.9 Å². The third-order valence-corrected chi connectivity index (χ3v) is 2.98. The molecule has 0 aliphatic carbocycles. The third-order valence-electron chi connectivity index (χ3n) is 2.98. The van der Waals surface area contributed by atoms with Gasteiger partial charge in [0.2, 0.25) is 0 Å². The molecule has 16 heavy (non-hydrogen) atoms. The molecule has 0 bridgehead atoms. The number of hydrogen-bond donors (Lipinski definition) is 2. The molecule has 0 aliphatic heterocycles. The molecule has 0 saturated heterocycles. The van der Waals surface area contributed by atoms with Gasteiger partial charge in [-0.15, -0.1) is 0 Å². The van der Waals surface area contributed by atoms with Crippen LogP contribution >= 0.6 is 0 Å². The van der Waals surface area contributed by atoms with Crippen molar-refractivity contribution < 1.29 is 9.90 Å². The summed E-state index contributed by atoms with van der Waals surface area (Å²) in [6.07, 6.45) is 3.16. The first-order chi connectivity index (χ1) is 7.52. The van der Waals surface area contributed by atoms with E-state index in [1.165, 1.54) is 12.3 Å². The van der Waals surface area contributed by atoms with Crippen LogP contribution in [-0.2, 0) is 0 Å². The van der Waals surface area contributed by atoms with Gasteiger partial charge in [0.05, 0.1) is 0 Å². The van der Waals surface area contributed by atoms with E-state index in [0.29, 0.717) is 0 Å². The lowest BCUT2D eigenvalue weighted by molar-refractivity contribution is 0.0893. The third kappa shape index (κ3) is 2.72. The average molecular weight is 222 g/mol. The van der Waals surface area contributed by atoms with Crippen LogP contribution < -0.4 is 5.32 Å². The highest BCUT2D eigenvalue weighted by molar-refractivity contribution is 5.95. The van der Waals surface area contributed by atoms with Crippen molar-refractivity contribution in [2.24, 2.45) is 0 Å². The Hall–Kier alpha value is -1.58. The van der Waals surface area contributed by atoms with E-state index in [1.54, 1.807) is 6.07 Å². The van der Waals surface area contributed by atoms with Crippen molar-refractivity contribution in [2.75, 3.05) is 0 Å². The quantitative estimate of drug-likeness (QED) is 0.820. The Morgan fingerprint density at radius 1 is 1.50 bits per heavy atom. The monoisotopic (exact) mass is 222 g/mol. The van der Waals surface area contributed by atoms with Gasteiger partial charge in [0.1, 0.15) is 5.75 Å². The van der Waals surface area contributed by atoms with Crippen LogP contribution in [-0.4, -0.2) is 21.5 Å². The highest BCUT2D eigenvalue weighted by atomic mass is 16.3. The van der Waals surface area contributed by atoms with Crippen LogP contribution in [0.1, 0.15) is 44.1 Å². The molecule has 0 aromatic carbocycles. The first-order valence-electron chi connectivity index (χ1n) is 5.49. The predicted molar refractivity (Wildman–Crippen MR) is 62.4 cm³/mol. The van der Waals surface area contributed by atoms with Crippen LogP contribution in [0.15, 0.2) is 18.3 Å². The van der Waals surface area contributed by atoms with Gasteiger partial charge in [0.15, 0.2) is 5.69 Å². The Kier molecular flexibility index (Phi) is 3.88. The fourth-order valence-electron chi connectivity index (χ4n) is 1.33. The summed E-state index contributed by atoms with van der Waals surface area (Å²) >= 11 is 0. The van der Waals surface area contributed by atoms with Crippen molar-refractivity contribution in [1.29, 1.82) is 0 Å². The average Bonchev–Trinajstić information content (AvgIpc) is 2.29. The molecule has 2 N–H and O–H groups in total. The van der Waals surface area contributed by atoms with Crippen LogP contribution in [0.3, 0.4) is 0 Å². The van der Waals surface area contributed by atoms with Crippen molar-refractivity contribution in [2.45, 2.75) is 39.2 Å². The van der Waals surface area contributed by atoms with Gasteiger partial charge in [0.25, 0.3) is 5.91 Å². The Balaban J connectivity index is 2.84. The SMILES string of the molecule is CCC(C)(CC)NC(=O)c1ncccc1O. The molecule has 0 fully saturated rings. The number of carbonyl (C=O) groups excluding carboxylic acids is 1. The number of nitrogens with zero attached hydrogens (tertiary/aromatic N) is 1. The number of hydrogen-bond acceptors (Lipinski definition) is 3. The van der Waals surface area contributed by atoms with E-state index < -0.39 is 0 Å². The number of rotatable bonds is 4. The van der Waals surface area contributed by atoms with Gasteiger partial charge in [0, 0.05) is 11.7 Å². The van der Waals surface area contributed by atoms with Gasteiger partial charge in [-0.05, 0) is 31.9 Å². The Morgan fingerprint density at radius 3 is 2.62 bits per heavy atom. The first-order valence-corrected chi connectivity index (χ1v) is 5.49. The van der Waals surface area contributed by atoms with Crippen LogP contribution in [0.4, 0.5) is 0 Å². The van der Waals surface area contributed by atoms with Gasteiger partial charge in [-0.2, -0.15) is 0 Å². The maximum Gasteiger partial charge on any atom is 0.274 e. The summed E-state index contributed by atoms with van der Waals surface area (Å²) < 4.78 is 0. The second kappa shape index (κ2) is 4.96. The van der Waals surface area contributed by atoms with Crippen molar-refractivity contribution >= 4 is 5.91 Å². The summed E-state index contributed by atoms with van der Waals surface area (Å²) in [5, 5.41) is 12.4. The minimum atomic E-state index is -0.329. The predicted octanol–water partition coefficient (Wildman–Crippen LogP) is 2.10. The number of aromatic nitrogens is 1. The van der Waals surface area contributed by atoms with E-state index in [9.17, 15) is 9.90 Å². The summed E-state index contributed by atoms with van der Waals surface area (Å²) in [5.74, 6) is -0.418. The molecular formula is C12H18N2O2. The van der Waals surface area contributed by atoms with Crippen molar-refractivity contribution in [1.82, 2.24) is 10.3 Å². The van der Waals surface area contributed by atoms with E-state index in [4.69, 9.17) is 0 Å². The minimum absolute atomic E-state index is 0.0793. The standard InChI is InChI=1S/C12H18N2O2/c1-4-12(3,5-2)14-11(16)10-9(15)7-6-8-13-10/h6-8,15H,4-5H2,1-3H3,(H,14,16). The van der Waals surface area contributed by atoms with E-state index in [0.717, 1.165) is 12.8 Å². The number of amides is 1. The molecule has 0 aliphatic rings. The second-order valence-electron chi connectivity index (χ2n) is 4.09. The number of aromatic hydroxyl groups is 1. The van der Waals surface area contributed by atoms with Gasteiger partial charge in [-0.25, -0.2) is 4.98 Å². The van der Waals surface area contributed by atoms with Crippen LogP contribution in [0.2, 0.25) is 0 Å². The molecule has 0 unspecified atom stereocenters. The molecule has 1 heterocycles. The molecule has 0 radical (unpaired) electrons. The lowest BCUT2D eigenvalue weighted by atomic mass is 9.95. The molecule has 0 atom stereocenters. The summed E-state index contributed by atoms with van der Waals surface area (Å²) in [6, 6.07) is 3.04. The smallest absolute Gasteiger partial charge is 0.274 e. The van der Waals surface area contributed by atoms with Crippen molar-refractivity contribution in [3.05, 3.63) is 24.0 Å². The van der Waals surface area contributed by atoms with Gasteiger partial charge >= 0.3 is 0 Å². The normalized spacial score (nSPS) is 11.2. The van der Waals surface area contributed by atoms with Crippen molar-refractivity contribution in [3.63, 3.8) is 0 Å². The topological polar surface area (TPSA) is 62.2 Å². The Morgan fingerprint density at radius 2 is 2.12 bits per heavy atom. The first kappa shape index (κ1) is 12.5. The zero-order valence-corrected chi connectivity index (χ0v) is 9.95.